The van der Waals surface area contributed by atoms with Gasteiger partial charge in [0.15, 0.2) is 47.9 Å². The van der Waals surface area contributed by atoms with E-state index in [1.54, 1.807) is 41.5 Å². The Balaban J connectivity index is 0.000000157. The van der Waals surface area contributed by atoms with E-state index in [4.69, 9.17) is 112 Å². The molecule has 0 bridgehead atoms. The van der Waals surface area contributed by atoms with Gasteiger partial charge < -0.3 is 42.3 Å². The Hall–Kier alpha value is 0.117. The molecule has 8 rings (SSSR count). The molecule has 0 aromatic heterocycles. The fourth-order valence-electron chi connectivity index (χ4n) is 9.59. The van der Waals surface area contributed by atoms with Crippen molar-refractivity contribution >= 4 is 101 Å². The van der Waals surface area contributed by atoms with Crippen LogP contribution in [0, 0.1) is 16.7 Å². The lowest BCUT2D eigenvalue weighted by atomic mass is 9.64. The van der Waals surface area contributed by atoms with E-state index < -0.39 is 79.5 Å². The van der Waals surface area contributed by atoms with Crippen molar-refractivity contribution in [3.05, 3.63) is 0 Å². The number of alkyl halides is 6. The molecule has 354 valence electrons. The SMILES string of the molecule is CC1(C)O[C@H]2[C@@H](O[Si](C)(C)C(C)(C)C)C[C@@]3(CC(=O)C3(Cl)Cl)[C@H]2O1.CO[C@@H]1O[C@@]2(CC(=O)C2(Cl)Cl)[C@H]2OC(C)(C)O[C@@H]12.C[C@@H]1O[C@@]2(CC(=O)C2(Cl)Cl)[C@@H](C)[C@H]1OC(=O)C(C)(C)C. The van der Waals surface area contributed by atoms with Gasteiger partial charge in [0.2, 0.25) is 8.67 Å². The van der Waals surface area contributed by atoms with Crippen LogP contribution in [0.25, 0.3) is 0 Å². The van der Waals surface area contributed by atoms with Crippen LogP contribution in [0.1, 0.15) is 109 Å². The summed E-state index contributed by atoms with van der Waals surface area (Å²) < 4.78 is 48.2. The highest BCUT2D eigenvalue weighted by Gasteiger charge is 2.79. The summed E-state index contributed by atoms with van der Waals surface area (Å²) in [5.41, 5.74) is -3.23. The molecule has 4 saturated heterocycles. The van der Waals surface area contributed by atoms with Crippen LogP contribution >= 0.6 is 69.6 Å². The maximum atomic E-state index is 12.0. The Morgan fingerprint density at radius 3 is 1.60 bits per heavy atom. The normalized spacial score (nSPS) is 42.6. The van der Waals surface area contributed by atoms with Gasteiger partial charge in [-0.25, -0.2) is 0 Å². The second kappa shape index (κ2) is 15.8. The topological polar surface area (TPSA) is 151 Å². The molecule has 4 heterocycles. The van der Waals surface area contributed by atoms with Gasteiger partial charge in [0.25, 0.3) is 0 Å². The minimum Gasteiger partial charge on any atom is -0.459 e. The molecule has 12 atom stereocenters. The van der Waals surface area contributed by atoms with Gasteiger partial charge in [-0.1, -0.05) is 97.3 Å². The summed E-state index contributed by atoms with van der Waals surface area (Å²) in [5, 5.41) is 0.0850. The second-order valence-electron chi connectivity index (χ2n) is 21.6. The zero-order chi connectivity index (χ0) is 47.2. The zero-order valence-electron chi connectivity index (χ0n) is 38.1. The van der Waals surface area contributed by atoms with Crippen LogP contribution in [0.4, 0.5) is 0 Å². The Labute approximate surface area is 396 Å². The first-order valence-corrected chi connectivity index (χ1v) is 26.2. The maximum absolute atomic E-state index is 12.0. The standard InChI is InChI=1S/C17H28Cl2O4Si.C14H20Cl2O4.C11H14Cl2O5/c1-14(2,3)24(6,7)23-10-8-16(9-11(20)17(16,18)19)13-12(10)21-15(4,5)22-13;1-7-10(19-11(18)12(3,4)5)8(2)20-13(7)6-9(17)14(13,15)16;1-9(2)16-6-7(17-9)10(18-8(6)15-3)4-5(14)11(10,12)13/h10,12-13H,8-9H2,1-7H3;7-8,10H,6H2,1-5H3;6-8H,4H2,1-3H3/t10-,12-,13-,16+;7-,8-,10+,13-;6-,7+,8-,10+/m001/s1. The predicted molar refractivity (Wildman–Crippen MR) is 235 cm³/mol. The number of hydrogen-bond acceptors (Lipinski definition) is 13. The number of rotatable bonds is 4. The van der Waals surface area contributed by atoms with Gasteiger partial charge in [0.1, 0.15) is 35.6 Å². The first kappa shape index (κ1) is 51.5. The molecule has 0 N–H and O–H groups in total. The summed E-state index contributed by atoms with van der Waals surface area (Å²) in [6, 6.07) is 0. The third kappa shape index (κ3) is 7.90. The number of ketones is 3. The molecule has 0 aromatic rings. The Morgan fingerprint density at radius 1 is 0.677 bits per heavy atom. The highest BCUT2D eigenvalue weighted by atomic mass is 35.5. The molecule has 4 saturated carbocycles. The van der Waals surface area contributed by atoms with Gasteiger partial charge in [0, 0.05) is 37.7 Å². The van der Waals surface area contributed by atoms with Crippen molar-refractivity contribution in [3.8, 4) is 0 Å². The van der Waals surface area contributed by atoms with E-state index in [0.717, 1.165) is 0 Å². The second-order valence-corrected chi connectivity index (χ2v) is 30.3. The van der Waals surface area contributed by atoms with E-state index in [2.05, 4.69) is 33.9 Å². The van der Waals surface area contributed by atoms with Gasteiger partial charge >= 0.3 is 5.97 Å². The molecule has 13 nitrogen and oxygen atoms in total. The Kier molecular flexibility index (Phi) is 13.2. The van der Waals surface area contributed by atoms with Crippen LogP contribution in [-0.4, -0.2) is 124 Å². The van der Waals surface area contributed by atoms with Crippen LogP contribution in [-0.2, 0) is 61.5 Å². The average Bonchev–Trinajstić information content (AvgIpc) is 3.86. The summed E-state index contributed by atoms with van der Waals surface area (Å²) >= 11 is 37.3. The summed E-state index contributed by atoms with van der Waals surface area (Å²) in [5.74, 6) is -2.69. The number of hydrogen-bond donors (Lipinski definition) is 0. The van der Waals surface area contributed by atoms with Crippen LogP contribution in [0.15, 0.2) is 0 Å². The van der Waals surface area contributed by atoms with E-state index in [-0.39, 0.29) is 71.5 Å². The molecule has 20 heteroatoms. The van der Waals surface area contributed by atoms with E-state index >= 15 is 0 Å². The minimum atomic E-state index is -2.00. The van der Waals surface area contributed by atoms with Gasteiger partial charge in [-0.2, -0.15) is 0 Å². The van der Waals surface area contributed by atoms with Gasteiger partial charge in [0.05, 0.1) is 23.7 Å². The lowest BCUT2D eigenvalue weighted by molar-refractivity contribution is -0.261. The largest absolute Gasteiger partial charge is 0.459 e. The molecule has 4 aliphatic carbocycles. The number of carbonyl (C=O) groups excluding carboxylic acids is 4. The number of halogens is 6. The van der Waals surface area contributed by atoms with E-state index in [1.807, 2.05) is 20.8 Å². The first-order chi connectivity index (χ1) is 27.8. The fraction of sp³-hybridized carbons (Fsp3) is 0.905. The average molecular weight is 1020 g/mol. The van der Waals surface area contributed by atoms with Crippen molar-refractivity contribution in [2.75, 3.05) is 7.11 Å². The maximum Gasteiger partial charge on any atom is 0.311 e. The van der Waals surface area contributed by atoms with Crippen molar-refractivity contribution in [2.24, 2.45) is 16.7 Å². The van der Waals surface area contributed by atoms with Gasteiger partial charge in [-0.15, -0.1) is 0 Å². The predicted octanol–water partition coefficient (Wildman–Crippen LogP) is 8.71. The fourth-order valence-corrected chi connectivity index (χ4v) is 12.8. The van der Waals surface area contributed by atoms with Crippen LogP contribution in [0.2, 0.25) is 18.1 Å². The minimum absolute atomic E-state index is 0.0850. The third-order valence-electron chi connectivity index (χ3n) is 14.3. The van der Waals surface area contributed by atoms with E-state index in [1.165, 1.54) is 7.11 Å². The van der Waals surface area contributed by atoms with Gasteiger partial charge in [-0.3, -0.25) is 19.2 Å². The monoisotopic (exact) mass is 1010 g/mol. The van der Waals surface area contributed by atoms with Crippen molar-refractivity contribution in [2.45, 2.75) is 212 Å². The number of fused-ring (bicyclic) bond motifs is 4. The molecule has 8 fully saturated rings. The number of methoxy groups -OCH3 is 1. The molecular weight excluding hydrogens is 953 g/mol. The molecule has 4 aliphatic heterocycles. The van der Waals surface area contributed by atoms with Crippen molar-refractivity contribution < 1.29 is 61.5 Å². The molecule has 0 radical (unpaired) electrons. The highest BCUT2D eigenvalue weighted by Crippen LogP contribution is 2.67. The quantitative estimate of drug-likeness (QED) is 0.150. The third-order valence-corrected chi connectivity index (χ3v) is 22.1. The smallest absolute Gasteiger partial charge is 0.311 e. The molecule has 62 heavy (non-hydrogen) atoms. The first-order valence-electron chi connectivity index (χ1n) is 21.0. The Bertz CT molecular complexity index is 1850. The lowest BCUT2D eigenvalue weighted by Gasteiger charge is -2.51. The molecule has 3 spiro atoms. The number of carbonyl (C=O) groups is 4. The summed E-state index contributed by atoms with van der Waals surface area (Å²) in [6.45, 7) is 27.4. The number of Topliss-reactive ketones (excluding diaryl/α,β-unsaturated/α-hetero) is 3. The summed E-state index contributed by atoms with van der Waals surface area (Å²) in [4.78, 5) is 47.2. The van der Waals surface area contributed by atoms with Crippen molar-refractivity contribution in [1.29, 1.82) is 0 Å². The molecule has 8 aliphatic rings. The summed E-state index contributed by atoms with van der Waals surface area (Å²) in [7, 11) is -0.497. The number of ether oxygens (including phenoxy) is 8. The van der Waals surface area contributed by atoms with E-state index in [0.29, 0.717) is 12.8 Å². The molecule has 0 unspecified atom stereocenters. The molecular formula is C42H62Cl6O13Si. The molecule has 0 aromatic carbocycles. The highest BCUT2D eigenvalue weighted by molar-refractivity contribution is 6.74. The van der Waals surface area contributed by atoms with Crippen molar-refractivity contribution in [3.63, 3.8) is 0 Å². The zero-order valence-corrected chi connectivity index (χ0v) is 43.6. The van der Waals surface area contributed by atoms with Gasteiger partial charge in [-0.05, 0) is 79.9 Å². The Morgan fingerprint density at radius 2 is 1.16 bits per heavy atom. The van der Waals surface area contributed by atoms with Crippen LogP contribution in [0.3, 0.4) is 0 Å². The van der Waals surface area contributed by atoms with Crippen molar-refractivity contribution in [1.82, 2.24) is 0 Å². The number of esters is 1. The summed E-state index contributed by atoms with van der Waals surface area (Å²) in [6.07, 6.45) is -1.87. The lowest BCUT2D eigenvalue weighted by Crippen LogP contribution is -2.69. The van der Waals surface area contributed by atoms with Crippen LogP contribution < -0.4 is 0 Å². The van der Waals surface area contributed by atoms with Crippen LogP contribution in [0.5, 0.6) is 0 Å². The van der Waals surface area contributed by atoms with E-state index in [9.17, 15) is 19.2 Å². The molecule has 0 amide bonds.